The van der Waals surface area contributed by atoms with Crippen molar-refractivity contribution in [2.24, 2.45) is 16.8 Å². The number of fused-ring (bicyclic) bond motifs is 2. The van der Waals surface area contributed by atoms with Gasteiger partial charge in [-0.3, -0.25) is 9.89 Å². The average molecular weight is 290 g/mol. The Hall–Kier alpha value is -0.770. The predicted octanol–water partition coefficient (Wildman–Crippen LogP) is 1.92. The number of guanidine groups is 1. The van der Waals surface area contributed by atoms with Crippen LogP contribution in [0.4, 0.5) is 0 Å². The largest absolute Gasteiger partial charge is 0.354 e. The van der Waals surface area contributed by atoms with E-state index in [2.05, 4.69) is 20.1 Å². The Bertz CT molecular complexity index is 396. The lowest BCUT2D eigenvalue weighted by Gasteiger charge is -2.42. The van der Waals surface area contributed by atoms with E-state index in [0.29, 0.717) is 6.04 Å². The van der Waals surface area contributed by atoms with Crippen LogP contribution in [0.15, 0.2) is 4.99 Å². The van der Waals surface area contributed by atoms with Gasteiger partial charge in [0, 0.05) is 45.3 Å². The van der Waals surface area contributed by atoms with E-state index in [4.69, 9.17) is 0 Å². The summed E-state index contributed by atoms with van der Waals surface area (Å²) < 4.78 is 0. The standard InChI is InChI=1S/C17H30N4/c1-18-17(19-15-3-2-4-15)21-9-7-20(8-10-21)16-12-13-5-6-14(16)11-13/h13-16H,2-12H2,1H3,(H,18,19). The van der Waals surface area contributed by atoms with Gasteiger partial charge < -0.3 is 10.2 Å². The normalized spacial score (nSPS) is 37.9. The molecule has 0 aromatic heterocycles. The first-order valence-electron chi connectivity index (χ1n) is 9.06. The molecule has 1 saturated heterocycles. The molecule has 21 heavy (non-hydrogen) atoms. The van der Waals surface area contributed by atoms with Gasteiger partial charge in [-0.05, 0) is 50.4 Å². The zero-order chi connectivity index (χ0) is 14.2. The number of piperazine rings is 1. The van der Waals surface area contributed by atoms with Crippen LogP contribution in [0.25, 0.3) is 0 Å². The lowest BCUT2D eigenvalue weighted by molar-refractivity contribution is 0.0952. The number of nitrogens with one attached hydrogen (secondary N) is 1. The highest BCUT2D eigenvalue weighted by atomic mass is 15.4. The molecular formula is C17H30N4. The van der Waals surface area contributed by atoms with Gasteiger partial charge in [-0.25, -0.2) is 0 Å². The molecule has 0 spiro atoms. The summed E-state index contributed by atoms with van der Waals surface area (Å²) in [6, 6.07) is 1.60. The molecule has 3 atom stereocenters. The lowest BCUT2D eigenvalue weighted by Crippen LogP contribution is -2.57. The Morgan fingerprint density at radius 3 is 2.33 bits per heavy atom. The molecule has 1 N–H and O–H groups in total. The molecule has 2 bridgehead atoms. The molecule has 4 aliphatic rings. The van der Waals surface area contributed by atoms with Crippen LogP contribution in [0, 0.1) is 11.8 Å². The van der Waals surface area contributed by atoms with Crippen molar-refractivity contribution in [3.8, 4) is 0 Å². The molecule has 3 aliphatic carbocycles. The van der Waals surface area contributed by atoms with Crippen molar-refractivity contribution < 1.29 is 0 Å². The Morgan fingerprint density at radius 1 is 1.00 bits per heavy atom. The second-order valence-electron chi connectivity index (χ2n) is 7.58. The van der Waals surface area contributed by atoms with Crippen LogP contribution in [-0.4, -0.2) is 61.1 Å². The van der Waals surface area contributed by atoms with Crippen molar-refractivity contribution in [2.45, 2.75) is 57.0 Å². The minimum absolute atomic E-state index is 0.687. The number of hydrogen-bond acceptors (Lipinski definition) is 2. The van der Waals surface area contributed by atoms with Gasteiger partial charge in [0.2, 0.25) is 0 Å². The van der Waals surface area contributed by atoms with Crippen LogP contribution in [0.2, 0.25) is 0 Å². The summed E-state index contributed by atoms with van der Waals surface area (Å²) in [6.07, 6.45) is 10.1. The third-order valence-electron chi connectivity index (χ3n) is 6.43. The highest BCUT2D eigenvalue weighted by molar-refractivity contribution is 5.80. The van der Waals surface area contributed by atoms with Gasteiger partial charge in [0.25, 0.3) is 0 Å². The van der Waals surface area contributed by atoms with Gasteiger partial charge in [-0.15, -0.1) is 0 Å². The van der Waals surface area contributed by atoms with Crippen molar-refractivity contribution >= 4 is 5.96 Å². The third kappa shape index (κ3) is 2.67. The summed E-state index contributed by atoms with van der Waals surface area (Å²) in [5, 5.41) is 3.64. The molecule has 4 rings (SSSR count). The maximum absolute atomic E-state index is 4.51. The van der Waals surface area contributed by atoms with Crippen molar-refractivity contribution in [3.05, 3.63) is 0 Å². The number of nitrogens with zero attached hydrogens (tertiary/aromatic N) is 3. The summed E-state index contributed by atoms with van der Waals surface area (Å²) in [5.74, 6) is 3.23. The van der Waals surface area contributed by atoms with E-state index in [9.17, 15) is 0 Å². The zero-order valence-corrected chi connectivity index (χ0v) is 13.4. The lowest BCUT2D eigenvalue weighted by atomic mass is 9.93. The Labute approximate surface area is 129 Å². The Kier molecular flexibility index (Phi) is 3.82. The van der Waals surface area contributed by atoms with Crippen LogP contribution in [0.1, 0.15) is 44.9 Å². The first-order valence-corrected chi connectivity index (χ1v) is 9.06. The van der Waals surface area contributed by atoms with Crippen molar-refractivity contribution in [3.63, 3.8) is 0 Å². The van der Waals surface area contributed by atoms with Crippen LogP contribution >= 0.6 is 0 Å². The predicted molar refractivity (Wildman–Crippen MR) is 86.5 cm³/mol. The second-order valence-corrected chi connectivity index (χ2v) is 7.58. The second kappa shape index (κ2) is 5.79. The van der Waals surface area contributed by atoms with E-state index in [1.807, 2.05) is 7.05 Å². The van der Waals surface area contributed by atoms with Crippen molar-refractivity contribution in [1.82, 2.24) is 15.1 Å². The fraction of sp³-hybridized carbons (Fsp3) is 0.941. The van der Waals surface area contributed by atoms with Crippen LogP contribution < -0.4 is 5.32 Å². The molecule has 0 aromatic carbocycles. The number of aliphatic imine (C=N–C) groups is 1. The smallest absolute Gasteiger partial charge is 0.193 e. The molecule has 3 unspecified atom stereocenters. The first-order chi connectivity index (χ1) is 10.3. The van der Waals surface area contributed by atoms with Crippen molar-refractivity contribution in [1.29, 1.82) is 0 Å². The Morgan fingerprint density at radius 2 is 1.81 bits per heavy atom. The third-order valence-corrected chi connectivity index (χ3v) is 6.43. The molecule has 0 radical (unpaired) electrons. The van der Waals surface area contributed by atoms with E-state index in [1.165, 1.54) is 58.0 Å². The molecule has 0 amide bonds. The van der Waals surface area contributed by atoms with Gasteiger partial charge in [0.1, 0.15) is 0 Å². The molecule has 1 heterocycles. The molecule has 4 fully saturated rings. The average Bonchev–Trinajstić information content (AvgIpc) is 3.09. The highest BCUT2D eigenvalue weighted by Crippen LogP contribution is 2.46. The van der Waals surface area contributed by atoms with Crippen LogP contribution in [0.3, 0.4) is 0 Å². The van der Waals surface area contributed by atoms with Crippen molar-refractivity contribution in [2.75, 3.05) is 33.2 Å². The molecule has 0 aromatic rings. The fourth-order valence-electron chi connectivity index (χ4n) is 4.96. The van der Waals surface area contributed by atoms with E-state index >= 15 is 0 Å². The van der Waals surface area contributed by atoms with Gasteiger partial charge in [0.05, 0.1) is 0 Å². The zero-order valence-electron chi connectivity index (χ0n) is 13.4. The quantitative estimate of drug-likeness (QED) is 0.623. The summed E-state index contributed by atoms with van der Waals surface area (Å²) in [6.45, 7) is 4.78. The molecule has 3 saturated carbocycles. The van der Waals surface area contributed by atoms with Crippen LogP contribution in [0.5, 0.6) is 0 Å². The monoisotopic (exact) mass is 290 g/mol. The summed E-state index contributed by atoms with van der Waals surface area (Å²) in [4.78, 5) is 9.77. The minimum atomic E-state index is 0.687. The SMILES string of the molecule is CN=C(NC1CCC1)N1CCN(C2CC3CCC2C3)CC1. The maximum atomic E-state index is 4.51. The van der Waals surface area contributed by atoms with E-state index in [-0.39, 0.29) is 0 Å². The molecule has 1 aliphatic heterocycles. The summed E-state index contributed by atoms with van der Waals surface area (Å²) in [7, 11) is 1.93. The molecule has 4 nitrogen and oxygen atoms in total. The van der Waals surface area contributed by atoms with E-state index < -0.39 is 0 Å². The highest BCUT2D eigenvalue weighted by Gasteiger charge is 2.42. The minimum Gasteiger partial charge on any atom is -0.354 e. The Balaban J connectivity index is 1.29. The van der Waals surface area contributed by atoms with Crippen LogP contribution in [-0.2, 0) is 0 Å². The van der Waals surface area contributed by atoms with E-state index in [0.717, 1.165) is 36.9 Å². The first kappa shape index (κ1) is 13.9. The number of rotatable bonds is 2. The van der Waals surface area contributed by atoms with Gasteiger partial charge in [-0.1, -0.05) is 6.42 Å². The molecule has 4 heteroatoms. The van der Waals surface area contributed by atoms with Gasteiger partial charge >= 0.3 is 0 Å². The maximum Gasteiger partial charge on any atom is 0.193 e. The topological polar surface area (TPSA) is 30.9 Å². The molecular weight excluding hydrogens is 260 g/mol. The summed E-state index contributed by atoms with van der Waals surface area (Å²) in [5.41, 5.74) is 0. The molecule has 118 valence electrons. The van der Waals surface area contributed by atoms with Gasteiger partial charge in [0.15, 0.2) is 5.96 Å². The summed E-state index contributed by atoms with van der Waals surface area (Å²) >= 11 is 0. The van der Waals surface area contributed by atoms with Gasteiger partial charge in [-0.2, -0.15) is 0 Å². The number of hydrogen-bond donors (Lipinski definition) is 1. The fourth-order valence-corrected chi connectivity index (χ4v) is 4.96. The van der Waals surface area contributed by atoms with E-state index in [1.54, 1.807) is 0 Å².